The average molecular weight is 270 g/mol. The number of carbonyl (C=O) groups is 2. The molecule has 0 unspecified atom stereocenters. The van der Waals surface area contributed by atoms with Crippen LogP contribution in [0.1, 0.15) is 20.8 Å². The second-order valence-corrected chi connectivity index (χ2v) is 5.68. The van der Waals surface area contributed by atoms with Crippen LogP contribution in [-0.2, 0) is 9.59 Å². The van der Waals surface area contributed by atoms with Crippen molar-refractivity contribution in [2.24, 2.45) is 0 Å². The van der Waals surface area contributed by atoms with Gasteiger partial charge in [-0.15, -0.1) is 0 Å². The summed E-state index contributed by atoms with van der Waals surface area (Å²) in [4.78, 5) is 23.7. The number of anilines is 1. The lowest BCUT2D eigenvalue weighted by Gasteiger charge is -2.20. The number of rotatable bonds is 1. The average Bonchev–Trinajstić information content (AvgIpc) is 2.37. The molecule has 4 heteroatoms. The fourth-order valence-corrected chi connectivity index (χ4v) is 1.91. The van der Waals surface area contributed by atoms with E-state index in [2.05, 4.69) is 10.6 Å². The van der Waals surface area contributed by atoms with Crippen molar-refractivity contribution in [3.63, 3.8) is 0 Å². The molecule has 0 radical (unpaired) electrons. The molecule has 4 nitrogen and oxygen atoms in total. The number of fused-ring (bicyclic) bond motifs is 1. The zero-order chi connectivity index (χ0) is 14.8. The van der Waals surface area contributed by atoms with Crippen molar-refractivity contribution in [1.29, 1.82) is 0 Å². The van der Waals surface area contributed by atoms with Crippen molar-refractivity contribution in [3.8, 4) is 0 Å². The molecule has 2 amide bonds. The van der Waals surface area contributed by atoms with E-state index < -0.39 is 17.4 Å². The Hall–Kier alpha value is -2.36. The summed E-state index contributed by atoms with van der Waals surface area (Å²) in [5.74, 6) is -1.29. The standard InChI is InChI=1S/C16H18N2O2/c1-16(2,3)18-15(20)14(19)17-13-10-6-8-11-7-4-5-9-12(11)13/h4-10H,1-3H3,(H,17,19)(H,18,20). The van der Waals surface area contributed by atoms with Gasteiger partial charge in [-0.05, 0) is 32.2 Å². The lowest BCUT2D eigenvalue weighted by Crippen LogP contribution is -2.46. The van der Waals surface area contributed by atoms with Crippen molar-refractivity contribution < 1.29 is 9.59 Å². The van der Waals surface area contributed by atoms with Gasteiger partial charge in [0.1, 0.15) is 0 Å². The Balaban J connectivity index is 2.20. The Labute approximate surface area is 118 Å². The predicted octanol–water partition coefficient (Wildman–Crippen LogP) is 2.69. The van der Waals surface area contributed by atoms with E-state index in [1.807, 2.05) is 57.2 Å². The monoisotopic (exact) mass is 270 g/mol. The smallest absolute Gasteiger partial charge is 0.313 e. The maximum atomic E-state index is 11.9. The molecule has 0 spiro atoms. The molecule has 2 aromatic carbocycles. The van der Waals surface area contributed by atoms with Gasteiger partial charge in [-0.1, -0.05) is 36.4 Å². The van der Waals surface area contributed by atoms with Gasteiger partial charge in [-0.2, -0.15) is 0 Å². The summed E-state index contributed by atoms with van der Waals surface area (Å²) in [5.41, 5.74) is 0.199. The second kappa shape index (κ2) is 5.33. The Morgan fingerprint density at radius 1 is 0.900 bits per heavy atom. The molecule has 20 heavy (non-hydrogen) atoms. The van der Waals surface area contributed by atoms with E-state index in [4.69, 9.17) is 0 Å². The molecule has 2 N–H and O–H groups in total. The molecular weight excluding hydrogens is 252 g/mol. The van der Waals surface area contributed by atoms with Gasteiger partial charge < -0.3 is 10.6 Å². The summed E-state index contributed by atoms with van der Waals surface area (Å²) in [7, 11) is 0. The fraction of sp³-hybridized carbons (Fsp3) is 0.250. The lowest BCUT2D eigenvalue weighted by atomic mass is 10.1. The van der Waals surface area contributed by atoms with Crippen LogP contribution in [0, 0.1) is 0 Å². The first-order valence-electron chi connectivity index (χ1n) is 6.48. The summed E-state index contributed by atoms with van der Waals surface area (Å²) < 4.78 is 0. The molecule has 0 saturated heterocycles. The predicted molar refractivity (Wildman–Crippen MR) is 80.5 cm³/mol. The van der Waals surface area contributed by atoms with E-state index in [0.717, 1.165) is 10.8 Å². The van der Waals surface area contributed by atoms with Gasteiger partial charge >= 0.3 is 11.8 Å². The molecular formula is C16H18N2O2. The Morgan fingerprint density at radius 2 is 1.55 bits per heavy atom. The third-order valence-corrected chi connectivity index (χ3v) is 2.73. The number of hydrogen-bond acceptors (Lipinski definition) is 2. The van der Waals surface area contributed by atoms with E-state index in [1.54, 1.807) is 6.07 Å². The zero-order valence-electron chi connectivity index (χ0n) is 11.9. The first-order valence-corrected chi connectivity index (χ1v) is 6.48. The third kappa shape index (κ3) is 3.35. The van der Waals surface area contributed by atoms with E-state index in [0.29, 0.717) is 5.69 Å². The van der Waals surface area contributed by atoms with E-state index in [1.165, 1.54) is 0 Å². The van der Waals surface area contributed by atoms with E-state index >= 15 is 0 Å². The summed E-state index contributed by atoms with van der Waals surface area (Å²) in [6, 6.07) is 13.3. The molecule has 0 atom stereocenters. The number of hydrogen-bond donors (Lipinski definition) is 2. The minimum absolute atomic E-state index is 0.437. The van der Waals surface area contributed by atoms with Gasteiger partial charge in [-0.3, -0.25) is 9.59 Å². The number of benzene rings is 2. The van der Waals surface area contributed by atoms with Crippen molar-refractivity contribution in [1.82, 2.24) is 5.32 Å². The molecule has 0 aromatic heterocycles. The van der Waals surface area contributed by atoms with Crippen LogP contribution in [0.25, 0.3) is 10.8 Å². The molecule has 0 aliphatic heterocycles. The highest BCUT2D eigenvalue weighted by Crippen LogP contribution is 2.22. The summed E-state index contributed by atoms with van der Waals surface area (Å²) in [6.45, 7) is 5.49. The quantitative estimate of drug-likeness (QED) is 0.783. The van der Waals surface area contributed by atoms with Crippen LogP contribution < -0.4 is 10.6 Å². The molecule has 0 aliphatic rings. The molecule has 2 rings (SSSR count). The highest BCUT2D eigenvalue weighted by Gasteiger charge is 2.20. The van der Waals surface area contributed by atoms with Crippen molar-refractivity contribution in [2.75, 3.05) is 5.32 Å². The van der Waals surface area contributed by atoms with Crippen LogP contribution in [0.2, 0.25) is 0 Å². The van der Waals surface area contributed by atoms with Crippen molar-refractivity contribution in [2.45, 2.75) is 26.3 Å². The number of carbonyl (C=O) groups excluding carboxylic acids is 2. The summed E-state index contributed by atoms with van der Waals surface area (Å²) >= 11 is 0. The first kappa shape index (κ1) is 14.1. The molecule has 0 heterocycles. The zero-order valence-corrected chi connectivity index (χ0v) is 11.9. The van der Waals surface area contributed by atoms with Gasteiger partial charge in [-0.25, -0.2) is 0 Å². The molecule has 0 fully saturated rings. The van der Waals surface area contributed by atoms with Gasteiger partial charge in [0, 0.05) is 16.6 Å². The number of amides is 2. The SMILES string of the molecule is CC(C)(C)NC(=O)C(=O)Nc1cccc2ccccc12. The Kier molecular flexibility index (Phi) is 3.74. The van der Waals surface area contributed by atoms with E-state index in [9.17, 15) is 9.59 Å². The minimum Gasteiger partial charge on any atom is -0.343 e. The van der Waals surface area contributed by atoms with Crippen LogP contribution in [0.3, 0.4) is 0 Å². The molecule has 0 bridgehead atoms. The van der Waals surface area contributed by atoms with Gasteiger partial charge in [0.15, 0.2) is 0 Å². The molecule has 0 saturated carbocycles. The Bertz CT molecular complexity index is 652. The molecule has 104 valence electrons. The molecule has 2 aromatic rings. The van der Waals surface area contributed by atoms with Crippen LogP contribution in [-0.4, -0.2) is 17.4 Å². The normalized spacial score (nSPS) is 11.2. The van der Waals surface area contributed by atoms with E-state index in [-0.39, 0.29) is 0 Å². The molecule has 0 aliphatic carbocycles. The topological polar surface area (TPSA) is 58.2 Å². The van der Waals surface area contributed by atoms with Crippen LogP contribution in [0.4, 0.5) is 5.69 Å². The summed E-state index contributed by atoms with van der Waals surface area (Å²) in [6.07, 6.45) is 0. The second-order valence-electron chi connectivity index (χ2n) is 5.68. The largest absolute Gasteiger partial charge is 0.343 e. The third-order valence-electron chi connectivity index (χ3n) is 2.73. The van der Waals surface area contributed by atoms with Gasteiger partial charge in [0.25, 0.3) is 0 Å². The highest BCUT2D eigenvalue weighted by atomic mass is 16.2. The minimum atomic E-state index is -0.656. The van der Waals surface area contributed by atoms with Crippen molar-refractivity contribution in [3.05, 3.63) is 42.5 Å². The highest BCUT2D eigenvalue weighted by molar-refractivity contribution is 6.40. The lowest BCUT2D eigenvalue weighted by molar-refractivity contribution is -0.137. The fourth-order valence-electron chi connectivity index (χ4n) is 1.91. The number of nitrogens with one attached hydrogen (secondary N) is 2. The van der Waals surface area contributed by atoms with Crippen LogP contribution in [0.5, 0.6) is 0 Å². The first-order chi connectivity index (χ1) is 9.37. The summed E-state index contributed by atoms with van der Waals surface area (Å²) in [5, 5.41) is 7.22. The van der Waals surface area contributed by atoms with Gasteiger partial charge in [0.05, 0.1) is 0 Å². The maximum Gasteiger partial charge on any atom is 0.313 e. The Morgan fingerprint density at radius 3 is 2.25 bits per heavy atom. The maximum absolute atomic E-state index is 11.9. The van der Waals surface area contributed by atoms with Gasteiger partial charge in [0.2, 0.25) is 0 Å². The van der Waals surface area contributed by atoms with Crippen LogP contribution in [0.15, 0.2) is 42.5 Å². The van der Waals surface area contributed by atoms with Crippen LogP contribution >= 0.6 is 0 Å². The van der Waals surface area contributed by atoms with Crippen molar-refractivity contribution >= 4 is 28.3 Å².